The van der Waals surface area contributed by atoms with Crippen molar-refractivity contribution in [3.05, 3.63) is 30.1 Å². The van der Waals surface area contributed by atoms with Crippen LogP contribution in [0.3, 0.4) is 0 Å². The van der Waals surface area contributed by atoms with Gasteiger partial charge in [0.25, 0.3) is 5.91 Å². The number of nitrogens with zero attached hydrogens (tertiary/aromatic N) is 4. The number of piperidine rings is 1. The summed E-state index contributed by atoms with van der Waals surface area (Å²) in [5.41, 5.74) is 0.799. The monoisotopic (exact) mass is 330 g/mol. The molecule has 3 rings (SSSR count). The molecule has 6 nitrogen and oxygen atoms in total. The van der Waals surface area contributed by atoms with Gasteiger partial charge in [-0.05, 0) is 37.9 Å². The minimum absolute atomic E-state index is 0.0708. The quantitative estimate of drug-likeness (QED) is 0.833. The largest absolute Gasteiger partial charge is 0.348 e. The van der Waals surface area contributed by atoms with Gasteiger partial charge < -0.3 is 9.80 Å². The first-order valence-corrected chi connectivity index (χ1v) is 8.61. The highest BCUT2D eigenvalue weighted by molar-refractivity contribution is 5.94. The smallest absolute Gasteiger partial charge is 0.255 e. The lowest BCUT2D eigenvalue weighted by molar-refractivity contribution is -0.130. The van der Waals surface area contributed by atoms with Gasteiger partial charge in [-0.2, -0.15) is 0 Å². The Balaban J connectivity index is 1.63. The van der Waals surface area contributed by atoms with E-state index < -0.39 is 0 Å². The number of aromatic nitrogens is 1. The molecular weight excluding hydrogens is 304 g/mol. The molecule has 0 bridgehead atoms. The molecule has 2 fully saturated rings. The summed E-state index contributed by atoms with van der Waals surface area (Å²) in [6, 6.07) is 3.62. The molecule has 1 spiro atoms. The zero-order valence-electron chi connectivity index (χ0n) is 14.6. The molecule has 2 saturated heterocycles. The van der Waals surface area contributed by atoms with Crippen molar-refractivity contribution in [3.8, 4) is 0 Å². The second-order valence-corrected chi connectivity index (χ2v) is 7.32. The van der Waals surface area contributed by atoms with Crippen molar-refractivity contribution < 1.29 is 9.59 Å². The van der Waals surface area contributed by atoms with Crippen molar-refractivity contribution in [3.63, 3.8) is 0 Å². The number of likely N-dealkylation sites (tertiary alicyclic amines) is 2. The van der Waals surface area contributed by atoms with Crippen LogP contribution >= 0.6 is 0 Å². The normalized spacial score (nSPS) is 24.3. The summed E-state index contributed by atoms with van der Waals surface area (Å²) in [6.07, 6.45) is 6.57. The van der Waals surface area contributed by atoms with Crippen molar-refractivity contribution in [2.75, 3.05) is 46.8 Å². The first-order chi connectivity index (χ1) is 11.5. The number of carbonyl (C=O) groups excluding carboxylic acids is 2. The summed E-state index contributed by atoms with van der Waals surface area (Å²) in [5, 5.41) is 0. The van der Waals surface area contributed by atoms with Crippen molar-refractivity contribution in [1.82, 2.24) is 19.7 Å². The summed E-state index contributed by atoms with van der Waals surface area (Å²) in [5.74, 6) is 0.217. The van der Waals surface area contributed by atoms with Crippen LogP contribution in [0.25, 0.3) is 0 Å². The minimum Gasteiger partial charge on any atom is -0.348 e. The van der Waals surface area contributed by atoms with Crippen molar-refractivity contribution in [2.45, 2.75) is 19.3 Å². The van der Waals surface area contributed by atoms with Gasteiger partial charge in [0.2, 0.25) is 5.91 Å². The lowest BCUT2D eigenvalue weighted by Gasteiger charge is -2.40. The molecule has 0 aliphatic carbocycles. The first-order valence-electron chi connectivity index (χ1n) is 8.61. The molecule has 3 heterocycles. The molecular formula is C18H26N4O2. The summed E-state index contributed by atoms with van der Waals surface area (Å²) in [4.78, 5) is 34.5. The fraction of sp³-hybridized carbons (Fsp3) is 0.611. The van der Waals surface area contributed by atoms with Crippen molar-refractivity contribution in [1.29, 1.82) is 0 Å². The fourth-order valence-corrected chi connectivity index (χ4v) is 3.89. The zero-order chi connectivity index (χ0) is 17.2. The van der Waals surface area contributed by atoms with E-state index in [0.717, 1.165) is 45.4 Å². The summed E-state index contributed by atoms with van der Waals surface area (Å²) in [7, 11) is 3.60. The van der Waals surface area contributed by atoms with Gasteiger partial charge >= 0.3 is 0 Å². The van der Waals surface area contributed by atoms with E-state index in [1.807, 2.05) is 11.0 Å². The van der Waals surface area contributed by atoms with Gasteiger partial charge in [-0.3, -0.25) is 19.5 Å². The van der Waals surface area contributed by atoms with E-state index in [1.165, 1.54) is 0 Å². The van der Waals surface area contributed by atoms with E-state index in [9.17, 15) is 9.59 Å². The van der Waals surface area contributed by atoms with Gasteiger partial charge in [0.15, 0.2) is 0 Å². The highest BCUT2D eigenvalue weighted by atomic mass is 16.2. The van der Waals surface area contributed by atoms with Gasteiger partial charge in [0.05, 0.1) is 12.1 Å². The van der Waals surface area contributed by atoms with E-state index in [4.69, 9.17) is 0 Å². The van der Waals surface area contributed by atoms with E-state index in [0.29, 0.717) is 12.1 Å². The fourth-order valence-electron chi connectivity index (χ4n) is 3.89. The lowest BCUT2D eigenvalue weighted by Crippen LogP contribution is -2.48. The number of pyridine rings is 1. The second kappa shape index (κ2) is 6.89. The molecule has 0 radical (unpaired) electrons. The number of likely N-dealkylation sites (N-methyl/N-ethyl adjacent to an activating group) is 1. The number of hydrogen-bond acceptors (Lipinski definition) is 4. The number of amides is 2. The van der Waals surface area contributed by atoms with Crippen LogP contribution in [0, 0.1) is 5.41 Å². The molecule has 0 aromatic carbocycles. The average Bonchev–Trinajstić information content (AvgIpc) is 2.98. The van der Waals surface area contributed by atoms with Crippen LogP contribution in [-0.4, -0.2) is 78.3 Å². The highest BCUT2D eigenvalue weighted by Gasteiger charge is 2.43. The summed E-state index contributed by atoms with van der Waals surface area (Å²) in [6.45, 7) is 3.93. The Labute approximate surface area is 143 Å². The number of rotatable bonds is 3. The molecule has 6 heteroatoms. The topological polar surface area (TPSA) is 56.8 Å². The van der Waals surface area contributed by atoms with Crippen molar-refractivity contribution >= 4 is 11.8 Å². The van der Waals surface area contributed by atoms with E-state index in [-0.39, 0.29) is 17.2 Å². The molecule has 2 aliphatic rings. The third-order valence-electron chi connectivity index (χ3n) is 5.23. The zero-order valence-corrected chi connectivity index (χ0v) is 14.6. The third-order valence-corrected chi connectivity index (χ3v) is 5.23. The first kappa shape index (κ1) is 16.9. The molecule has 2 amide bonds. The predicted octanol–water partition coefficient (Wildman–Crippen LogP) is 1.10. The molecule has 0 unspecified atom stereocenters. The van der Waals surface area contributed by atoms with E-state index in [1.54, 1.807) is 37.5 Å². The van der Waals surface area contributed by atoms with Gasteiger partial charge in [-0.1, -0.05) is 0 Å². The maximum absolute atomic E-state index is 12.6. The average molecular weight is 330 g/mol. The maximum Gasteiger partial charge on any atom is 0.255 e. The highest BCUT2D eigenvalue weighted by Crippen LogP contribution is 2.39. The molecule has 0 saturated carbocycles. The summed E-state index contributed by atoms with van der Waals surface area (Å²) < 4.78 is 0. The van der Waals surface area contributed by atoms with E-state index in [2.05, 4.69) is 9.88 Å². The molecule has 1 aromatic heterocycles. The summed E-state index contributed by atoms with van der Waals surface area (Å²) >= 11 is 0. The Bertz CT molecular complexity index is 604. The standard InChI is InChI=1S/C18H26N4O2/c1-20(2)16(23)12-21-9-4-6-18(13-21)7-10-22(14-18)17(24)15-5-3-8-19-11-15/h3,5,8,11H,4,6-7,9-10,12-14H2,1-2H3/t18-/m0/s1. The molecule has 1 atom stereocenters. The van der Waals surface area contributed by atoms with Crippen LogP contribution in [0.15, 0.2) is 24.5 Å². The SMILES string of the molecule is CN(C)C(=O)CN1CCC[C@]2(CCN(C(=O)c3cccnc3)C2)C1. The third kappa shape index (κ3) is 3.59. The van der Waals surface area contributed by atoms with Crippen molar-refractivity contribution in [2.24, 2.45) is 5.41 Å². The van der Waals surface area contributed by atoms with E-state index >= 15 is 0 Å². The Hall–Kier alpha value is -1.95. The van der Waals surface area contributed by atoms with Gasteiger partial charge in [-0.25, -0.2) is 0 Å². The Morgan fingerprint density at radius 2 is 2.08 bits per heavy atom. The predicted molar refractivity (Wildman–Crippen MR) is 91.6 cm³/mol. The molecule has 24 heavy (non-hydrogen) atoms. The van der Waals surface area contributed by atoms with Gasteiger partial charge in [0, 0.05) is 51.5 Å². The Kier molecular flexibility index (Phi) is 4.85. The molecule has 2 aliphatic heterocycles. The second-order valence-electron chi connectivity index (χ2n) is 7.32. The maximum atomic E-state index is 12.6. The molecule has 0 N–H and O–H groups in total. The van der Waals surface area contributed by atoms with Crippen LogP contribution in [0.5, 0.6) is 0 Å². The lowest BCUT2D eigenvalue weighted by atomic mass is 9.79. The van der Waals surface area contributed by atoms with Crippen LogP contribution in [-0.2, 0) is 4.79 Å². The number of hydrogen-bond donors (Lipinski definition) is 0. The van der Waals surface area contributed by atoms with Gasteiger partial charge in [-0.15, -0.1) is 0 Å². The van der Waals surface area contributed by atoms with Crippen LogP contribution in [0.2, 0.25) is 0 Å². The molecule has 130 valence electrons. The van der Waals surface area contributed by atoms with Crippen LogP contribution in [0.4, 0.5) is 0 Å². The van der Waals surface area contributed by atoms with Crippen LogP contribution in [0.1, 0.15) is 29.6 Å². The number of carbonyl (C=O) groups is 2. The molecule has 1 aromatic rings. The van der Waals surface area contributed by atoms with Gasteiger partial charge in [0.1, 0.15) is 0 Å². The minimum atomic E-state index is 0.0708. The van der Waals surface area contributed by atoms with Crippen LogP contribution < -0.4 is 0 Å². The Morgan fingerprint density at radius 1 is 1.25 bits per heavy atom. The Morgan fingerprint density at radius 3 is 2.79 bits per heavy atom.